The highest BCUT2D eigenvalue weighted by atomic mass is 32.2. The van der Waals surface area contributed by atoms with Crippen LogP contribution < -0.4 is 0 Å². The Bertz CT molecular complexity index is 3210. The molecule has 3 aromatic rings. The van der Waals surface area contributed by atoms with Crippen molar-refractivity contribution in [3.8, 4) is 0 Å². The third-order valence-corrected chi connectivity index (χ3v) is 19.0. The van der Waals surface area contributed by atoms with Gasteiger partial charge < -0.3 is 43.7 Å². The quantitative estimate of drug-likeness (QED) is 0.0187. The molecule has 92 heavy (non-hydrogen) atoms. The molecule has 0 saturated heterocycles. The summed E-state index contributed by atoms with van der Waals surface area (Å²) in [6, 6.07) is 29.6. The largest absolute Gasteiger partial charge is 0.491 e. The number of esters is 3. The number of aliphatic hydroxyl groups is 3. The first-order valence-electron chi connectivity index (χ1n) is 31.0. The summed E-state index contributed by atoms with van der Waals surface area (Å²) >= 11 is 9.95. The molecule has 3 aliphatic heterocycles. The summed E-state index contributed by atoms with van der Waals surface area (Å²) in [6.45, 7) is 15.2. The van der Waals surface area contributed by atoms with Gasteiger partial charge in [0.2, 0.25) is 10.2 Å². The van der Waals surface area contributed by atoms with E-state index in [0.717, 1.165) is 68.7 Å². The highest BCUT2D eigenvalue weighted by Gasteiger charge is 2.33. The van der Waals surface area contributed by atoms with Gasteiger partial charge in [-0.1, -0.05) is 183 Å². The fourth-order valence-electron chi connectivity index (χ4n) is 9.93. The fourth-order valence-corrected chi connectivity index (χ4v) is 13.7. The summed E-state index contributed by atoms with van der Waals surface area (Å²) in [7, 11) is 0. The monoisotopic (exact) mass is 1320 g/mol. The molecule has 3 heterocycles. The average Bonchev–Trinajstić information content (AvgIpc) is 0.869. The molecule has 0 saturated carbocycles. The maximum atomic E-state index is 12.6. The standard InChI is InChI=1S/C25H28O5S.C25H28O4S2.C24H26O5S/c1-17(2)24(27)29-13-7-6-10-20(26)16-30-21-12-11-19-14-22(18-8-4-3-5-9-18)25(28)31-23(19)15-21;1-17(2)24(27)28-13-7-6-10-20(26)16-29-21-12-11-19-14-22(18-8-4-3-5-9-18)25(30)31-23(19)15-21;1-2-23(26)28-13-7-6-10-19(25)16-29-20-12-11-18-14-21(17-8-4-3-5-9-17)24(27)30-22(18)15-20/h2*3-5,8-9,11-12,14-15,19-20,23,26H,1,6-7,10,13,16H2,2H3;2-5,8-9,11-12,14-15,18-19,22,25H,1,6-7,10,13,16H2. The number of carbonyl (C=O) groups is 5. The zero-order valence-electron chi connectivity index (χ0n) is 52.1. The molecule has 486 valence electrons. The van der Waals surface area contributed by atoms with Crippen LogP contribution in [0, 0.1) is 17.8 Å². The Morgan fingerprint density at radius 1 is 0.489 bits per heavy atom. The van der Waals surface area contributed by atoms with Crippen LogP contribution in [0.25, 0.3) is 16.7 Å². The normalized spacial score (nSPS) is 21.0. The van der Waals surface area contributed by atoms with Gasteiger partial charge in [-0.15, -0.1) is 11.8 Å². The number of thiocarbonyl (C=S) groups is 1. The molecule has 9 rings (SSSR count). The molecule has 18 heteroatoms. The number of fused-ring (bicyclic) bond motifs is 3. The molecule has 14 nitrogen and oxygen atoms in total. The Hall–Kier alpha value is -7.29. The third-order valence-electron chi connectivity index (χ3n) is 15.0. The highest BCUT2D eigenvalue weighted by Crippen LogP contribution is 2.42. The summed E-state index contributed by atoms with van der Waals surface area (Å²) in [5.41, 5.74) is 6.42. The van der Waals surface area contributed by atoms with E-state index in [1.54, 1.807) is 25.6 Å². The van der Waals surface area contributed by atoms with Crippen LogP contribution in [0.2, 0.25) is 0 Å². The van der Waals surface area contributed by atoms with Crippen molar-refractivity contribution in [1.29, 1.82) is 0 Å². The van der Waals surface area contributed by atoms with E-state index in [4.69, 9.17) is 40.6 Å². The van der Waals surface area contributed by atoms with Crippen molar-refractivity contribution < 1.29 is 67.7 Å². The van der Waals surface area contributed by atoms with Gasteiger partial charge in [0.25, 0.3) is 0 Å². The molecule has 9 atom stereocenters. The van der Waals surface area contributed by atoms with E-state index < -0.39 is 24.3 Å². The molecule has 0 spiro atoms. The lowest BCUT2D eigenvalue weighted by atomic mass is 9.94. The zero-order chi connectivity index (χ0) is 65.8. The lowest BCUT2D eigenvalue weighted by Gasteiger charge is -2.29. The summed E-state index contributed by atoms with van der Waals surface area (Å²) in [5, 5.41) is 30.8. The number of rotatable bonds is 30. The maximum absolute atomic E-state index is 12.6. The van der Waals surface area contributed by atoms with E-state index in [1.165, 1.54) is 23.5 Å². The second kappa shape index (κ2) is 38.0. The number of unbranched alkanes of at least 4 members (excludes halogenated alkanes) is 3. The van der Waals surface area contributed by atoms with E-state index in [1.807, 2.05) is 134 Å². The van der Waals surface area contributed by atoms with Gasteiger partial charge in [-0.05, 0) is 125 Å². The van der Waals surface area contributed by atoms with Gasteiger partial charge in [-0.3, -0.25) is 9.59 Å². The molecular weight excluding hydrogens is 1240 g/mol. The molecule has 3 N–H and O–H groups in total. The minimum absolute atomic E-state index is 0.0000997. The lowest BCUT2D eigenvalue weighted by Crippen LogP contribution is -2.23. The number of thioether (sulfide) groups is 3. The summed E-state index contributed by atoms with van der Waals surface area (Å²) in [5.74, 6) is 1.47. The van der Waals surface area contributed by atoms with Gasteiger partial charge in [-0.2, -0.15) is 0 Å². The molecule has 0 aromatic heterocycles. The second-order valence-electron chi connectivity index (χ2n) is 22.6. The van der Waals surface area contributed by atoms with Crippen LogP contribution in [0.15, 0.2) is 218 Å². The van der Waals surface area contributed by atoms with E-state index in [0.29, 0.717) is 81.0 Å². The number of allylic oxidation sites excluding steroid dienone is 9. The van der Waals surface area contributed by atoms with E-state index in [2.05, 4.69) is 50.1 Å². The minimum Gasteiger partial charge on any atom is -0.491 e. The van der Waals surface area contributed by atoms with E-state index in [9.17, 15) is 39.3 Å². The van der Waals surface area contributed by atoms with Gasteiger partial charge in [0.05, 0.1) is 42.3 Å². The number of hydrogen-bond donors (Lipinski definition) is 3. The van der Waals surface area contributed by atoms with Crippen LogP contribution in [0.5, 0.6) is 0 Å². The van der Waals surface area contributed by atoms with Crippen molar-refractivity contribution in [3.05, 3.63) is 235 Å². The predicted octanol–water partition coefficient (Wildman–Crippen LogP) is 13.8. The van der Waals surface area contributed by atoms with Gasteiger partial charge >= 0.3 is 17.9 Å². The Morgan fingerprint density at radius 2 is 0.815 bits per heavy atom. The molecule has 0 amide bonds. The number of ether oxygens (including phenoxy) is 6. The Kier molecular flexibility index (Phi) is 29.8. The Labute approximate surface area is 558 Å². The number of aliphatic hydroxyl groups excluding tert-OH is 3. The topological polar surface area (TPSA) is 201 Å². The van der Waals surface area contributed by atoms with Crippen LogP contribution in [-0.4, -0.2) is 121 Å². The number of hydrogen-bond acceptors (Lipinski definition) is 18. The molecule has 3 aliphatic carbocycles. The van der Waals surface area contributed by atoms with E-state index >= 15 is 0 Å². The van der Waals surface area contributed by atoms with Crippen molar-refractivity contribution in [1.82, 2.24) is 0 Å². The zero-order valence-corrected chi connectivity index (χ0v) is 55.3. The van der Waals surface area contributed by atoms with Crippen molar-refractivity contribution in [2.45, 2.75) is 106 Å². The Morgan fingerprint density at radius 3 is 1.16 bits per heavy atom. The lowest BCUT2D eigenvalue weighted by molar-refractivity contribution is -0.140. The predicted molar refractivity (Wildman–Crippen MR) is 372 cm³/mol. The number of benzene rings is 3. The van der Waals surface area contributed by atoms with Gasteiger partial charge in [0.1, 0.15) is 37.1 Å². The molecule has 9 unspecified atom stereocenters. The van der Waals surface area contributed by atoms with Gasteiger partial charge in [-0.25, -0.2) is 14.4 Å². The van der Waals surface area contributed by atoms with Crippen molar-refractivity contribution in [2.24, 2.45) is 17.8 Å². The third kappa shape index (κ3) is 23.7. The molecule has 0 bridgehead atoms. The molecule has 3 aromatic carbocycles. The van der Waals surface area contributed by atoms with Crippen LogP contribution in [-0.2, 0) is 52.4 Å². The minimum atomic E-state index is -0.603. The molecule has 0 radical (unpaired) electrons. The average molecular weight is 1320 g/mol. The smallest absolute Gasteiger partial charge is 0.333 e. The first-order chi connectivity index (χ1) is 44.4. The summed E-state index contributed by atoms with van der Waals surface area (Å²) in [6.07, 6.45) is 29.6. The SMILES string of the molecule is C=C(C)C(=O)OCCCCC(O)COC1=CC2SC(=O)C(c3ccccc3)=CC2C=C1.C=C(C)C(=O)OCCCCC(O)COC1=CC2SC(=S)C(c3ccccc3)=CC2C=C1.C=CC(=O)OCCCCC(O)COC1=CC2SC(=O)C(c3ccccc3)=CC2C=C1. The maximum Gasteiger partial charge on any atom is 0.333 e. The van der Waals surface area contributed by atoms with Crippen LogP contribution in [0.1, 0.15) is 88.3 Å². The van der Waals surface area contributed by atoms with Crippen LogP contribution >= 0.6 is 47.5 Å². The van der Waals surface area contributed by atoms with Crippen molar-refractivity contribution >= 4 is 96.6 Å². The number of carbonyl (C=O) groups excluding carboxylic acids is 5. The summed E-state index contributed by atoms with van der Waals surface area (Å²) < 4.78 is 33.2. The van der Waals surface area contributed by atoms with Crippen LogP contribution in [0.4, 0.5) is 0 Å². The second-order valence-corrected chi connectivity index (χ2v) is 26.7. The van der Waals surface area contributed by atoms with Crippen molar-refractivity contribution in [2.75, 3.05) is 39.6 Å². The molecule has 0 fully saturated rings. The Balaban J connectivity index is 0.000000196. The van der Waals surface area contributed by atoms with Gasteiger partial charge in [0, 0.05) is 67.4 Å². The first-order valence-corrected chi connectivity index (χ1v) is 34.0. The van der Waals surface area contributed by atoms with Gasteiger partial charge in [0.15, 0.2) is 0 Å². The van der Waals surface area contributed by atoms with E-state index in [-0.39, 0.29) is 75.5 Å². The fraction of sp³-hybridized carbons (Fsp3) is 0.351. The highest BCUT2D eigenvalue weighted by molar-refractivity contribution is 8.25. The molecule has 6 aliphatic rings. The summed E-state index contributed by atoms with van der Waals surface area (Å²) in [4.78, 5) is 58.7. The first kappa shape index (κ1) is 72.1. The molecular formula is C74H82O14S4. The van der Waals surface area contributed by atoms with Crippen LogP contribution in [0.3, 0.4) is 0 Å². The van der Waals surface area contributed by atoms with Crippen molar-refractivity contribution in [3.63, 3.8) is 0 Å².